The molecular formula is C20H17N3O2S. The molecule has 2 aromatic carbocycles. The smallest absolute Gasteiger partial charge is 0.204 e. The number of nitrogens with zero attached hydrogens (tertiary/aromatic N) is 3. The van der Waals surface area contributed by atoms with E-state index in [4.69, 9.17) is 4.99 Å². The van der Waals surface area contributed by atoms with Crippen LogP contribution in [0.15, 0.2) is 40.8 Å². The quantitative estimate of drug-likeness (QED) is 0.714. The summed E-state index contributed by atoms with van der Waals surface area (Å²) in [5.41, 5.74) is 5.35. The van der Waals surface area contributed by atoms with E-state index in [1.165, 1.54) is 0 Å². The summed E-state index contributed by atoms with van der Waals surface area (Å²) in [5.74, 6) is 0.172. The molecule has 0 aliphatic carbocycles. The molecule has 1 saturated heterocycles. The van der Waals surface area contributed by atoms with Crippen molar-refractivity contribution in [3.05, 3.63) is 52.5 Å². The maximum Gasteiger partial charge on any atom is 0.204 e. The number of carbonyl (C=O) groups excluding carboxylic acids is 1. The summed E-state index contributed by atoms with van der Waals surface area (Å²) in [6, 6.07) is 9.77. The Hall–Kier alpha value is -2.57. The molecular weight excluding hydrogens is 346 g/mol. The molecule has 0 saturated carbocycles. The molecule has 0 amide bonds. The van der Waals surface area contributed by atoms with Crippen LogP contribution in [0.4, 0.5) is 11.4 Å². The van der Waals surface area contributed by atoms with E-state index in [1.807, 2.05) is 54.6 Å². The highest BCUT2D eigenvalue weighted by Crippen LogP contribution is 2.40. The van der Waals surface area contributed by atoms with Gasteiger partial charge in [0.05, 0.1) is 21.4 Å². The van der Waals surface area contributed by atoms with E-state index in [2.05, 4.69) is 4.98 Å². The lowest BCUT2D eigenvalue weighted by atomic mass is 9.86. The minimum atomic E-state index is -1.55. The zero-order valence-corrected chi connectivity index (χ0v) is 15.3. The van der Waals surface area contributed by atoms with Crippen LogP contribution >= 0.6 is 11.3 Å². The highest BCUT2D eigenvalue weighted by molar-refractivity contribution is 7.16. The highest BCUT2D eigenvalue weighted by atomic mass is 32.1. The van der Waals surface area contributed by atoms with E-state index in [-0.39, 0.29) is 5.78 Å². The first kappa shape index (κ1) is 15.7. The molecule has 0 spiro atoms. The van der Waals surface area contributed by atoms with E-state index in [0.717, 1.165) is 27.0 Å². The van der Waals surface area contributed by atoms with Gasteiger partial charge in [0.15, 0.2) is 5.60 Å². The monoisotopic (exact) mass is 363 g/mol. The fourth-order valence-electron chi connectivity index (χ4n) is 3.76. The van der Waals surface area contributed by atoms with Gasteiger partial charge in [0.1, 0.15) is 5.84 Å². The van der Waals surface area contributed by atoms with Crippen LogP contribution in [0.3, 0.4) is 0 Å². The number of carbonyl (C=O) groups is 1. The van der Waals surface area contributed by atoms with Gasteiger partial charge >= 0.3 is 0 Å². The van der Waals surface area contributed by atoms with Crippen molar-refractivity contribution in [1.29, 1.82) is 0 Å². The number of hydrogen-bond donors (Lipinski definition) is 1. The maximum absolute atomic E-state index is 13.1. The van der Waals surface area contributed by atoms with Gasteiger partial charge in [0, 0.05) is 24.2 Å². The molecule has 2 aliphatic rings. The van der Waals surface area contributed by atoms with E-state index in [9.17, 15) is 9.90 Å². The van der Waals surface area contributed by atoms with Crippen LogP contribution in [0, 0.1) is 13.8 Å². The second-order valence-electron chi connectivity index (χ2n) is 6.98. The third-order valence-corrected chi connectivity index (χ3v) is 6.22. The van der Waals surface area contributed by atoms with E-state index >= 15 is 0 Å². The van der Waals surface area contributed by atoms with Gasteiger partial charge in [0.25, 0.3) is 0 Å². The van der Waals surface area contributed by atoms with Gasteiger partial charge in [-0.05, 0) is 55.3 Å². The summed E-state index contributed by atoms with van der Waals surface area (Å²) in [4.78, 5) is 24.1. The van der Waals surface area contributed by atoms with Crippen molar-refractivity contribution in [3.63, 3.8) is 0 Å². The standard InChI is InChI=1S/C20H17N3O2S/c1-11-7-14-15(8-12(11)2)22-19-20(25,18(14)24)5-6-23(19)13-3-4-17-16(9-13)21-10-26-17/h3-4,7-10,25H,5-6H2,1-2H3/t20-/m1/s1. The Kier molecular flexibility index (Phi) is 3.14. The van der Waals surface area contributed by atoms with Crippen LogP contribution in [0.5, 0.6) is 0 Å². The Bertz CT molecular complexity index is 1120. The van der Waals surface area contributed by atoms with E-state index in [1.54, 1.807) is 11.3 Å². The lowest BCUT2D eigenvalue weighted by Crippen LogP contribution is -2.48. The predicted molar refractivity (Wildman–Crippen MR) is 104 cm³/mol. The number of aromatic nitrogens is 1. The number of Topliss-reactive ketones (excluding diaryl/α,β-unsaturated/α-hetero) is 1. The number of anilines is 1. The molecule has 1 N–H and O–H groups in total. The molecule has 0 bridgehead atoms. The first-order valence-corrected chi connectivity index (χ1v) is 9.44. The van der Waals surface area contributed by atoms with Gasteiger partial charge in [-0.3, -0.25) is 4.79 Å². The molecule has 0 radical (unpaired) electrons. The summed E-state index contributed by atoms with van der Waals surface area (Å²) in [6.07, 6.45) is 0.339. The largest absolute Gasteiger partial charge is 0.374 e. The Morgan fingerprint density at radius 3 is 2.85 bits per heavy atom. The number of aryl methyl sites for hydroxylation is 2. The van der Waals surface area contributed by atoms with Crippen molar-refractivity contribution in [1.82, 2.24) is 4.98 Å². The normalized spacial score (nSPS) is 21.7. The number of thiazole rings is 1. The van der Waals surface area contributed by atoms with E-state index < -0.39 is 5.60 Å². The Morgan fingerprint density at radius 1 is 1.19 bits per heavy atom. The fraction of sp³-hybridized carbons (Fsp3) is 0.250. The molecule has 5 rings (SSSR count). The molecule has 6 heteroatoms. The number of fused-ring (bicyclic) bond motifs is 3. The molecule has 130 valence electrons. The predicted octanol–water partition coefficient (Wildman–Crippen LogP) is 3.78. The third-order valence-electron chi connectivity index (χ3n) is 5.41. The van der Waals surface area contributed by atoms with Gasteiger partial charge in [-0.1, -0.05) is 0 Å². The van der Waals surface area contributed by atoms with Crippen molar-refractivity contribution in [2.75, 3.05) is 11.4 Å². The molecule has 0 unspecified atom stereocenters. The van der Waals surface area contributed by atoms with Gasteiger partial charge < -0.3 is 10.0 Å². The van der Waals surface area contributed by atoms with Crippen LogP contribution < -0.4 is 4.90 Å². The molecule has 26 heavy (non-hydrogen) atoms. The van der Waals surface area contributed by atoms with Crippen LogP contribution in [-0.4, -0.2) is 33.9 Å². The Labute approximate surface area is 154 Å². The number of rotatable bonds is 1. The molecule has 2 aliphatic heterocycles. The lowest BCUT2D eigenvalue weighted by molar-refractivity contribution is 0.0602. The van der Waals surface area contributed by atoms with Crippen LogP contribution in [0.25, 0.3) is 10.2 Å². The molecule has 1 atom stereocenters. The summed E-state index contributed by atoms with van der Waals surface area (Å²) in [7, 11) is 0. The zero-order valence-electron chi connectivity index (χ0n) is 14.5. The zero-order chi connectivity index (χ0) is 18.1. The van der Waals surface area contributed by atoms with Gasteiger partial charge in [-0.15, -0.1) is 11.3 Å². The van der Waals surface area contributed by atoms with Gasteiger partial charge in [-0.25, -0.2) is 9.98 Å². The maximum atomic E-state index is 13.1. The third kappa shape index (κ3) is 2.03. The van der Waals surface area contributed by atoms with Crippen molar-refractivity contribution in [3.8, 4) is 0 Å². The minimum Gasteiger partial charge on any atom is -0.374 e. The molecule has 3 heterocycles. The topological polar surface area (TPSA) is 65.8 Å². The number of ketones is 1. The fourth-order valence-corrected chi connectivity index (χ4v) is 4.42. The van der Waals surface area contributed by atoms with Crippen molar-refractivity contribution in [2.24, 2.45) is 4.99 Å². The summed E-state index contributed by atoms with van der Waals surface area (Å²) < 4.78 is 1.11. The first-order chi connectivity index (χ1) is 12.5. The lowest BCUT2D eigenvalue weighted by Gasteiger charge is -2.30. The number of benzene rings is 2. The highest BCUT2D eigenvalue weighted by Gasteiger charge is 2.52. The Balaban J connectivity index is 1.67. The number of aliphatic imine (C=N–C) groups is 1. The van der Waals surface area contributed by atoms with Crippen LogP contribution in [0.2, 0.25) is 0 Å². The van der Waals surface area contributed by atoms with Gasteiger partial charge in [0.2, 0.25) is 5.78 Å². The average molecular weight is 363 g/mol. The second-order valence-corrected chi connectivity index (χ2v) is 7.87. The number of amidine groups is 1. The van der Waals surface area contributed by atoms with Crippen molar-refractivity contribution in [2.45, 2.75) is 25.9 Å². The van der Waals surface area contributed by atoms with Gasteiger partial charge in [-0.2, -0.15) is 0 Å². The van der Waals surface area contributed by atoms with Crippen molar-refractivity contribution < 1.29 is 9.90 Å². The summed E-state index contributed by atoms with van der Waals surface area (Å²) in [5, 5.41) is 11.2. The molecule has 3 aromatic rings. The first-order valence-electron chi connectivity index (χ1n) is 8.56. The SMILES string of the molecule is Cc1cc2c(cc1C)C(=O)[C@]1(O)CCN(c3ccc4scnc4c3)C1=N2. The number of aliphatic hydroxyl groups is 1. The van der Waals surface area contributed by atoms with Crippen LogP contribution in [0.1, 0.15) is 27.9 Å². The second kappa shape index (κ2) is 5.22. The van der Waals surface area contributed by atoms with E-state index in [0.29, 0.717) is 30.1 Å². The van der Waals surface area contributed by atoms with Crippen molar-refractivity contribution >= 4 is 44.5 Å². The molecule has 1 fully saturated rings. The molecule has 5 nitrogen and oxygen atoms in total. The Morgan fingerprint density at radius 2 is 2.00 bits per heavy atom. The minimum absolute atomic E-state index is 0.252. The number of hydrogen-bond acceptors (Lipinski definition) is 6. The summed E-state index contributed by atoms with van der Waals surface area (Å²) in [6.45, 7) is 4.52. The van der Waals surface area contributed by atoms with Crippen LogP contribution in [-0.2, 0) is 0 Å². The molecule has 1 aromatic heterocycles. The summed E-state index contributed by atoms with van der Waals surface area (Å²) >= 11 is 1.59. The average Bonchev–Trinajstić information content (AvgIpc) is 3.22.